The summed E-state index contributed by atoms with van der Waals surface area (Å²) >= 11 is 1.68. The Morgan fingerprint density at radius 2 is 2.43 bits per heavy atom. The highest BCUT2D eigenvalue weighted by molar-refractivity contribution is 14.0. The van der Waals surface area contributed by atoms with Crippen LogP contribution in [0, 0.1) is 6.92 Å². The molecule has 2 unspecified atom stereocenters. The number of hydrogen-bond acceptors (Lipinski definition) is 5. The fourth-order valence-electron chi connectivity index (χ4n) is 2.14. The summed E-state index contributed by atoms with van der Waals surface area (Å²) in [4.78, 5) is 10.1. The molecule has 0 spiro atoms. The van der Waals surface area contributed by atoms with Crippen LogP contribution in [0.4, 0.5) is 0 Å². The fourth-order valence-corrected chi connectivity index (χ4v) is 2.85. The average Bonchev–Trinajstić information content (AvgIpc) is 3.14. The van der Waals surface area contributed by atoms with E-state index in [2.05, 4.69) is 41.4 Å². The highest BCUT2D eigenvalue weighted by atomic mass is 127. The van der Waals surface area contributed by atoms with Crippen LogP contribution in [0.1, 0.15) is 30.2 Å². The zero-order valence-electron chi connectivity index (χ0n) is 14.0. The van der Waals surface area contributed by atoms with Gasteiger partial charge in [-0.2, -0.15) is 0 Å². The minimum absolute atomic E-state index is 0. The molecule has 0 amide bonds. The lowest BCUT2D eigenvalue weighted by molar-refractivity contribution is 0.0347. The molecule has 1 aliphatic rings. The van der Waals surface area contributed by atoms with E-state index in [1.807, 2.05) is 6.20 Å². The van der Waals surface area contributed by atoms with Gasteiger partial charge in [-0.05, 0) is 27.2 Å². The van der Waals surface area contributed by atoms with Crippen LogP contribution in [0.15, 0.2) is 11.2 Å². The fraction of sp³-hybridized carbons (Fsp3) is 0.733. The van der Waals surface area contributed by atoms with Crippen molar-refractivity contribution in [3.05, 3.63) is 16.1 Å². The van der Waals surface area contributed by atoms with Crippen molar-refractivity contribution in [2.45, 2.75) is 45.9 Å². The predicted molar refractivity (Wildman–Crippen MR) is 105 cm³/mol. The van der Waals surface area contributed by atoms with E-state index in [4.69, 9.17) is 9.47 Å². The number of nitrogens with one attached hydrogen (secondary N) is 2. The lowest BCUT2D eigenvalue weighted by atomic mass is 10.3. The summed E-state index contributed by atoms with van der Waals surface area (Å²) in [6.07, 6.45) is 3.11. The van der Waals surface area contributed by atoms with Crippen molar-refractivity contribution in [2.75, 3.05) is 26.4 Å². The maximum atomic E-state index is 5.83. The molecule has 1 fully saturated rings. The number of aliphatic imine (C=N–C) groups is 1. The summed E-state index contributed by atoms with van der Waals surface area (Å²) in [5.74, 6) is 0.800. The quantitative estimate of drug-likeness (QED) is 0.376. The monoisotopic (exact) mass is 454 g/mol. The number of aromatic nitrogens is 1. The molecule has 1 aliphatic heterocycles. The van der Waals surface area contributed by atoms with E-state index < -0.39 is 0 Å². The summed E-state index contributed by atoms with van der Waals surface area (Å²) in [5, 5.41) is 7.65. The average molecular weight is 454 g/mol. The summed E-state index contributed by atoms with van der Waals surface area (Å²) in [6.45, 7) is 9.80. The van der Waals surface area contributed by atoms with E-state index in [0.29, 0.717) is 19.8 Å². The van der Waals surface area contributed by atoms with E-state index in [-0.39, 0.29) is 36.1 Å². The minimum atomic E-state index is 0. The van der Waals surface area contributed by atoms with Crippen molar-refractivity contribution in [1.82, 2.24) is 15.6 Å². The number of ether oxygens (including phenoxy) is 2. The van der Waals surface area contributed by atoms with Crippen molar-refractivity contribution in [3.63, 3.8) is 0 Å². The van der Waals surface area contributed by atoms with Gasteiger partial charge in [-0.3, -0.25) is 0 Å². The largest absolute Gasteiger partial charge is 0.379 e. The molecule has 0 bridgehead atoms. The van der Waals surface area contributed by atoms with Gasteiger partial charge in [0.15, 0.2) is 5.96 Å². The van der Waals surface area contributed by atoms with Gasteiger partial charge in [-0.25, -0.2) is 9.98 Å². The van der Waals surface area contributed by atoms with Crippen LogP contribution in [0.25, 0.3) is 0 Å². The SMILES string of the molecule is CCNC(=NCc1ncc(C)s1)NC(C)COC1CCOC1.I. The van der Waals surface area contributed by atoms with E-state index in [9.17, 15) is 0 Å². The van der Waals surface area contributed by atoms with Gasteiger partial charge in [-0.1, -0.05) is 0 Å². The first kappa shape index (κ1) is 20.6. The van der Waals surface area contributed by atoms with Gasteiger partial charge < -0.3 is 20.1 Å². The van der Waals surface area contributed by atoms with Crippen LogP contribution in [-0.4, -0.2) is 49.5 Å². The smallest absolute Gasteiger partial charge is 0.191 e. The molecule has 0 radical (unpaired) electrons. The molecule has 2 atom stereocenters. The molecular weight excluding hydrogens is 427 g/mol. The van der Waals surface area contributed by atoms with Crippen molar-refractivity contribution in [3.8, 4) is 0 Å². The first-order chi connectivity index (χ1) is 10.7. The molecule has 2 N–H and O–H groups in total. The minimum Gasteiger partial charge on any atom is -0.379 e. The molecule has 1 saturated heterocycles. The highest BCUT2D eigenvalue weighted by Crippen LogP contribution is 2.12. The number of aryl methyl sites for hydroxylation is 1. The van der Waals surface area contributed by atoms with Gasteiger partial charge in [0.1, 0.15) is 5.01 Å². The third-order valence-corrected chi connectivity index (χ3v) is 4.14. The lowest BCUT2D eigenvalue weighted by Crippen LogP contribution is -2.44. The predicted octanol–water partition coefficient (Wildman–Crippen LogP) is 2.32. The van der Waals surface area contributed by atoms with E-state index in [1.54, 1.807) is 11.3 Å². The third kappa shape index (κ3) is 7.77. The molecule has 23 heavy (non-hydrogen) atoms. The van der Waals surface area contributed by atoms with Crippen molar-refractivity contribution >= 4 is 41.3 Å². The topological polar surface area (TPSA) is 67.8 Å². The first-order valence-electron chi connectivity index (χ1n) is 7.83. The Labute approximate surface area is 159 Å². The molecule has 2 heterocycles. The number of guanidine groups is 1. The third-order valence-electron chi connectivity index (χ3n) is 3.24. The van der Waals surface area contributed by atoms with Crippen LogP contribution in [0.5, 0.6) is 0 Å². The molecule has 132 valence electrons. The number of nitrogens with zero attached hydrogens (tertiary/aromatic N) is 2. The zero-order valence-corrected chi connectivity index (χ0v) is 17.1. The highest BCUT2D eigenvalue weighted by Gasteiger charge is 2.17. The first-order valence-corrected chi connectivity index (χ1v) is 8.64. The molecule has 1 aromatic heterocycles. The lowest BCUT2D eigenvalue weighted by Gasteiger charge is -2.19. The van der Waals surface area contributed by atoms with Gasteiger partial charge >= 0.3 is 0 Å². The molecule has 6 nitrogen and oxygen atoms in total. The second kappa shape index (κ2) is 11.2. The van der Waals surface area contributed by atoms with Gasteiger partial charge in [0, 0.05) is 30.3 Å². The molecule has 2 rings (SSSR count). The van der Waals surface area contributed by atoms with Gasteiger partial charge in [-0.15, -0.1) is 35.3 Å². The Balaban J connectivity index is 0.00000264. The normalized spacial score (nSPS) is 19.3. The second-order valence-electron chi connectivity index (χ2n) is 5.42. The van der Waals surface area contributed by atoms with Crippen LogP contribution in [0.3, 0.4) is 0 Å². The van der Waals surface area contributed by atoms with Crippen molar-refractivity contribution < 1.29 is 9.47 Å². The van der Waals surface area contributed by atoms with Gasteiger partial charge in [0.25, 0.3) is 0 Å². The molecule has 0 saturated carbocycles. The standard InChI is InChI=1S/C15H26N4O2S.HI/c1-4-16-15(18-8-14-17-7-12(3)22-14)19-11(2)9-21-13-5-6-20-10-13;/h7,11,13H,4-6,8-10H2,1-3H3,(H2,16,18,19);1H. The van der Waals surface area contributed by atoms with Crippen LogP contribution in [0.2, 0.25) is 0 Å². The Kier molecular flexibility index (Phi) is 10.00. The molecule has 0 aliphatic carbocycles. The van der Waals surface area contributed by atoms with Gasteiger partial charge in [0.2, 0.25) is 0 Å². The van der Waals surface area contributed by atoms with Crippen molar-refractivity contribution in [1.29, 1.82) is 0 Å². The maximum absolute atomic E-state index is 5.83. The molecule has 0 aromatic carbocycles. The number of hydrogen-bond donors (Lipinski definition) is 2. The van der Waals surface area contributed by atoms with Gasteiger partial charge in [0.05, 0.1) is 25.9 Å². The van der Waals surface area contributed by atoms with Crippen LogP contribution < -0.4 is 10.6 Å². The molecule has 8 heteroatoms. The number of halogens is 1. The summed E-state index contributed by atoms with van der Waals surface area (Å²) < 4.78 is 11.1. The molecular formula is C15H27IN4O2S. The Morgan fingerprint density at radius 1 is 1.61 bits per heavy atom. The maximum Gasteiger partial charge on any atom is 0.191 e. The van der Waals surface area contributed by atoms with E-state index in [0.717, 1.165) is 30.5 Å². The van der Waals surface area contributed by atoms with Crippen LogP contribution in [-0.2, 0) is 16.0 Å². The number of rotatable bonds is 7. The second-order valence-corrected chi connectivity index (χ2v) is 6.74. The van der Waals surface area contributed by atoms with E-state index >= 15 is 0 Å². The molecule has 1 aromatic rings. The Hall–Kier alpha value is -0.450. The Bertz CT molecular complexity index is 478. The zero-order chi connectivity index (χ0) is 15.8. The van der Waals surface area contributed by atoms with Crippen molar-refractivity contribution in [2.24, 2.45) is 4.99 Å². The summed E-state index contributed by atoms with van der Waals surface area (Å²) in [5.41, 5.74) is 0. The van der Waals surface area contributed by atoms with E-state index in [1.165, 1.54) is 4.88 Å². The van der Waals surface area contributed by atoms with Crippen LogP contribution >= 0.6 is 35.3 Å². The summed E-state index contributed by atoms with van der Waals surface area (Å²) in [6, 6.07) is 0.191. The Morgan fingerprint density at radius 3 is 3.04 bits per heavy atom. The number of thiazole rings is 1. The summed E-state index contributed by atoms with van der Waals surface area (Å²) in [7, 11) is 0.